The van der Waals surface area contributed by atoms with Gasteiger partial charge >= 0.3 is 12.1 Å². The standard InChI is InChI=1S/C16H18F3NO3S/c1-2-13(24-10-6-4-3-5-7-10)14(21)20-8-11(15(22)23)12(9-20)16(17,18)19/h3-7,11-13H,2,8-9H2,1H3,(H,22,23)/t11-,12-,13?/m1/s1. The third kappa shape index (κ3) is 4.23. The molecule has 2 rings (SSSR count). The molecule has 8 heteroatoms. The van der Waals surface area contributed by atoms with Crippen LogP contribution in [0.3, 0.4) is 0 Å². The fraction of sp³-hybridized carbons (Fsp3) is 0.500. The first-order chi connectivity index (χ1) is 11.2. The van der Waals surface area contributed by atoms with Gasteiger partial charge < -0.3 is 10.0 Å². The highest BCUT2D eigenvalue weighted by Gasteiger charge is 2.53. The van der Waals surface area contributed by atoms with Crippen LogP contribution in [0, 0.1) is 11.8 Å². The summed E-state index contributed by atoms with van der Waals surface area (Å²) in [7, 11) is 0. The van der Waals surface area contributed by atoms with Crippen LogP contribution in [0.4, 0.5) is 13.2 Å². The first kappa shape index (κ1) is 18.6. The predicted octanol–water partition coefficient (Wildman–Crippen LogP) is 3.28. The number of aliphatic carboxylic acids is 1. The van der Waals surface area contributed by atoms with E-state index in [9.17, 15) is 22.8 Å². The van der Waals surface area contributed by atoms with Crippen molar-refractivity contribution in [2.24, 2.45) is 11.8 Å². The second-order valence-corrected chi connectivity index (χ2v) is 6.94. The number of thioether (sulfide) groups is 1. The van der Waals surface area contributed by atoms with Crippen molar-refractivity contribution in [1.82, 2.24) is 4.90 Å². The lowest BCUT2D eigenvalue weighted by Crippen LogP contribution is -2.37. The second-order valence-electron chi connectivity index (χ2n) is 5.66. The van der Waals surface area contributed by atoms with E-state index in [1.807, 2.05) is 30.3 Å². The van der Waals surface area contributed by atoms with Gasteiger partial charge in [-0.15, -0.1) is 11.8 Å². The largest absolute Gasteiger partial charge is 0.481 e. The van der Waals surface area contributed by atoms with E-state index in [4.69, 9.17) is 5.11 Å². The van der Waals surface area contributed by atoms with Crippen molar-refractivity contribution in [1.29, 1.82) is 0 Å². The van der Waals surface area contributed by atoms with Gasteiger partial charge in [-0.05, 0) is 18.6 Å². The highest BCUT2D eigenvalue weighted by molar-refractivity contribution is 8.00. The zero-order chi connectivity index (χ0) is 17.9. The molecule has 0 saturated carbocycles. The summed E-state index contributed by atoms with van der Waals surface area (Å²) in [5, 5.41) is 8.50. The molecule has 1 aromatic carbocycles. The van der Waals surface area contributed by atoms with E-state index in [1.54, 1.807) is 6.92 Å². The molecule has 24 heavy (non-hydrogen) atoms. The summed E-state index contributed by atoms with van der Waals surface area (Å²) in [5.74, 6) is -5.58. The lowest BCUT2D eigenvalue weighted by Gasteiger charge is -2.22. The molecule has 132 valence electrons. The molecule has 0 radical (unpaired) electrons. The molecule has 1 aliphatic heterocycles. The highest BCUT2D eigenvalue weighted by Crippen LogP contribution is 2.39. The number of rotatable bonds is 5. The van der Waals surface area contributed by atoms with Gasteiger partial charge in [0.2, 0.25) is 5.91 Å². The van der Waals surface area contributed by atoms with Crippen LogP contribution in [0.1, 0.15) is 13.3 Å². The van der Waals surface area contributed by atoms with Crippen molar-refractivity contribution in [2.75, 3.05) is 13.1 Å². The summed E-state index contributed by atoms with van der Waals surface area (Å²) >= 11 is 1.28. The van der Waals surface area contributed by atoms with Gasteiger partial charge in [0.05, 0.1) is 17.1 Å². The quantitative estimate of drug-likeness (QED) is 0.818. The molecular formula is C16H18F3NO3S. The van der Waals surface area contributed by atoms with Crippen LogP contribution in [0.5, 0.6) is 0 Å². The van der Waals surface area contributed by atoms with Gasteiger partial charge in [-0.3, -0.25) is 9.59 Å². The molecular weight excluding hydrogens is 343 g/mol. The van der Waals surface area contributed by atoms with E-state index in [-0.39, 0.29) is 0 Å². The minimum absolute atomic E-state index is 0.399. The molecule has 0 spiro atoms. The van der Waals surface area contributed by atoms with Gasteiger partial charge in [-0.25, -0.2) is 0 Å². The average molecular weight is 361 g/mol. The van der Waals surface area contributed by atoms with Crippen LogP contribution < -0.4 is 0 Å². The molecule has 0 aromatic heterocycles. The maximum Gasteiger partial charge on any atom is 0.394 e. The monoisotopic (exact) mass is 361 g/mol. The normalized spacial score (nSPS) is 22.4. The molecule has 1 unspecified atom stereocenters. The maximum absolute atomic E-state index is 13.0. The molecule has 1 amide bonds. The van der Waals surface area contributed by atoms with Crippen molar-refractivity contribution in [3.63, 3.8) is 0 Å². The molecule has 4 nitrogen and oxygen atoms in total. The van der Waals surface area contributed by atoms with E-state index >= 15 is 0 Å². The molecule has 1 heterocycles. The summed E-state index contributed by atoms with van der Waals surface area (Å²) in [6, 6.07) is 9.11. The van der Waals surface area contributed by atoms with Crippen LogP contribution in [0.2, 0.25) is 0 Å². The van der Waals surface area contributed by atoms with Crippen molar-refractivity contribution >= 4 is 23.6 Å². The van der Waals surface area contributed by atoms with Crippen LogP contribution >= 0.6 is 11.8 Å². The van der Waals surface area contributed by atoms with Gasteiger partial charge in [0.25, 0.3) is 0 Å². The average Bonchev–Trinajstić information content (AvgIpc) is 2.99. The number of carboxylic acid groups (broad SMARTS) is 1. The third-order valence-electron chi connectivity index (χ3n) is 4.04. The number of nitrogens with zero attached hydrogens (tertiary/aromatic N) is 1. The Morgan fingerprint density at radius 2 is 1.92 bits per heavy atom. The molecule has 1 N–H and O–H groups in total. The molecule has 1 fully saturated rings. The topological polar surface area (TPSA) is 57.6 Å². The Morgan fingerprint density at radius 1 is 1.29 bits per heavy atom. The van der Waals surface area contributed by atoms with E-state index in [0.717, 1.165) is 9.80 Å². The van der Waals surface area contributed by atoms with Gasteiger partial charge in [0.1, 0.15) is 0 Å². The Bertz CT molecular complexity index is 594. The van der Waals surface area contributed by atoms with Gasteiger partial charge in [0.15, 0.2) is 0 Å². The number of halogens is 3. The van der Waals surface area contributed by atoms with E-state index in [0.29, 0.717) is 6.42 Å². The Kier molecular flexibility index (Phi) is 5.79. The smallest absolute Gasteiger partial charge is 0.394 e. The number of alkyl halides is 3. The number of carbonyl (C=O) groups excluding carboxylic acids is 1. The number of hydrogen-bond donors (Lipinski definition) is 1. The number of carboxylic acids is 1. The summed E-state index contributed by atoms with van der Waals surface area (Å²) < 4.78 is 39.1. The SMILES string of the molecule is CCC(Sc1ccccc1)C(=O)N1C[C@@H](C(F)(F)F)[C@H](C(=O)O)C1. The third-order valence-corrected chi connectivity index (χ3v) is 5.40. The summed E-state index contributed by atoms with van der Waals surface area (Å²) in [6.07, 6.45) is -4.18. The molecule has 0 aliphatic carbocycles. The minimum Gasteiger partial charge on any atom is -0.481 e. The lowest BCUT2D eigenvalue weighted by molar-refractivity contribution is -0.188. The molecule has 0 bridgehead atoms. The number of amides is 1. The summed E-state index contributed by atoms with van der Waals surface area (Å²) in [6.45, 7) is 0.792. The zero-order valence-electron chi connectivity index (χ0n) is 13.0. The van der Waals surface area contributed by atoms with E-state index < -0.39 is 48.2 Å². The van der Waals surface area contributed by atoms with Gasteiger partial charge in [-0.1, -0.05) is 25.1 Å². The Balaban J connectivity index is 2.12. The van der Waals surface area contributed by atoms with Gasteiger partial charge in [0, 0.05) is 18.0 Å². The fourth-order valence-electron chi connectivity index (χ4n) is 2.74. The van der Waals surface area contributed by atoms with Crippen molar-refractivity contribution in [2.45, 2.75) is 29.7 Å². The Labute approximate surface area is 142 Å². The number of benzene rings is 1. The molecule has 1 aromatic rings. The van der Waals surface area contributed by atoms with Crippen molar-refractivity contribution < 1.29 is 27.9 Å². The number of hydrogen-bond acceptors (Lipinski definition) is 3. The lowest BCUT2D eigenvalue weighted by atomic mass is 9.96. The second kappa shape index (κ2) is 7.46. The summed E-state index contributed by atoms with van der Waals surface area (Å²) in [5.41, 5.74) is 0. The van der Waals surface area contributed by atoms with Crippen LogP contribution in [-0.4, -0.2) is 46.4 Å². The minimum atomic E-state index is -4.63. The van der Waals surface area contributed by atoms with Crippen LogP contribution in [0.15, 0.2) is 35.2 Å². The fourth-order valence-corrected chi connectivity index (χ4v) is 3.80. The molecule has 1 saturated heterocycles. The Hall–Kier alpha value is -1.70. The maximum atomic E-state index is 13.0. The first-order valence-corrected chi connectivity index (χ1v) is 8.42. The predicted molar refractivity (Wildman–Crippen MR) is 83.6 cm³/mol. The zero-order valence-corrected chi connectivity index (χ0v) is 13.8. The number of carbonyl (C=O) groups is 2. The number of likely N-dealkylation sites (tertiary alicyclic amines) is 1. The Morgan fingerprint density at radius 3 is 2.38 bits per heavy atom. The first-order valence-electron chi connectivity index (χ1n) is 7.54. The van der Waals surface area contributed by atoms with Crippen molar-refractivity contribution in [3.05, 3.63) is 30.3 Å². The van der Waals surface area contributed by atoms with Crippen LogP contribution in [0.25, 0.3) is 0 Å². The molecule has 1 aliphatic rings. The highest BCUT2D eigenvalue weighted by atomic mass is 32.2. The van der Waals surface area contributed by atoms with E-state index in [2.05, 4.69) is 0 Å². The van der Waals surface area contributed by atoms with Crippen LogP contribution in [-0.2, 0) is 9.59 Å². The van der Waals surface area contributed by atoms with Crippen molar-refractivity contribution in [3.8, 4) is 0 Å². The summed E-state index contributed by atoms with van der Waals surface area (Å²) in [4.78, 5) is 25.6. The molecule has 3 atom stereocenters. The van der Waals surface area contributed by atoms with E-state index in [1.165, 1.54) is 11.8 Å². The van der Waals surface area contributed by atoms with Gasteiger partial charge in [-0.2, -0.15) is 13.2 Å².